The SMILES string of the molecule is COc1ccc(/C=N/N2CCCC2C(=O)Nc2ccc3ccccc3c2)cc1OCC(C)C. The van der Waals surface area contributed by atoms with E-state index in [-0.39, 0.29) is 11.9 Å². The van der Waals surface area contributed by atoms with Crippen LogP contribution in [0.1, 0.15) is 32.3 Å². The number of amides is 1. The van der Waals surface area contributed by atoms with Crippen molar-refractivity contribution in [2.24, 2.45) is 11.0 Å². The molecule has 3 aromatic rings. The molecule has 1 atom stereocenters. The lowest BCUT2D eigenvalue weighted by Crippen LogP contribution is -2.36. The summed E-state index contributed by atoms with van der Waals surface area (Å²) in [6.45, 7) is 5.57. The summed E-state index contributed by atoms with van der Waals surface area (Å²) in [7, 11) is 1.63. The summed E-state index contributed by atoms with van der Waals surface area (Å²) in [5, 5.41) is 11.8. The number of ether oxygens (including phenoxy) is 2. The molecule has 0 aliphatic carbocycles. The van der Waals surface area contributed by atoms with Gasteiger partial charge in [0, 0.05) is 12.2 Å². The maximum atomic E-state index is 13.0. The van der Waals surface area contributed by atoms with E-state index in [1.807, 2.05) is 59.6 Å². The van der Waals surface area contributed by atoms with E-state index in [0.29, 0.717) is 24.0 Å². The number of hydrogen-bond donors (Lipinski definition) is 1. The molecule has 1 saturated heterocycles. The lowest BCUT2D eigenvalue weighted by atomic mass is 10.1. The Kier molecular flexibility index (Phi) is 7.13. The molecule has 0 saturated carbocycles. The molecule has 0 spiro atoms. The van der Waals surface area contributed by atoms with Crippen LogP contribution in [0.2, 0.25) is 0 Å². The maximum Gasteiger partial charge on any atom is 0.248 e. The van der Waals surface area contributed by atoms with Crippen molar-refractivity contribution >= 4 is 28.6 Å². The monoisotopic (exact) mass is 445 g/mol. The number of anilines is 1. The molecule has 6 heteroatoms. The van der Waals surface area contributed by atoms with E-state index in [9.17, 15) is 4.79 Å². The minimum atomic E-state index is -0.289. The molecule has 0 aromatic heterocycles. The summed E-state index contributed by atoms with van der Waals surface area (Å²) in [5.41, 5.74) is 1.70. The zero-order valence-electron chi connectivity index (χ0n) is 19.5. The molecule has 4 rings (SSSR count). The van der Waals surface area contributed by atoms with Crippen LogP contribution in [0.25, 0.3) is 10.8 Å². The van der Waals surface area contributed by atoms with Crippen LogP contribution in [0, 0.1) is 5.92 Å². The topological polar surface area (TPSA) is 63.2 Å². The third-order valence-corrected chi connectivity index (χ3v) is 5.66. The van der Waals surface area contributed by atoms with E-state index in [0.717, 1.165) is 41.4 Å². The lowest BCUT2D eigenvalue weighted by Gasteiger charge is -2.21. The molecule has 1 aliphatic heterocycles. The van der Waals surface area contributed by atoms with Gasteiger partial charge in [-0.25, -0.2) is 0 Å². The van der Waals surface area contributed by atoms with E-state index >= 15 is 0 Å². The predicted octanol–water partition coefficient (Wildman–Crippen LogP) is 5.32. The predicted molar refractivity (Wildman–Crippen MR) is 133 cm³/mol. The molecule has 33 heavy (non-hydrogen) atoms. The van der Waals surface area contributed by atoms with Gasteiger partial charge in [0.15, 0.2) is 11.5 Å². The van der Waals surface area contributed by atoms with Crippen LogP contribution in [0.5, 0.6) is 11.5 Å². The van der Waals surface area contributed by atoms with Gasteiger partial charge < -0.3 is 14.8 Å². The largest absolute Gasteiger partial charge is 0.493 e. The van der Waals surface area contributed by atoms with Crippen molar-refractivity contribution in [1.29, 1.82) is 0 Å². The summed E-state index contributed by atoms with van der Waals surface area (Å²) in [4.78, 5) is 13.0. The zero-order valence-corrected chi connectivity index (χ0v) is 19.5. The fourth-order valence-corrected chi connectivity index (χ4v) is 3.93. The Balaban J connectivity index is 1.44. The van der Waals surface area contributed by atoms with Gasteiger partial charge >= 0.3 is 0 Å². The number of nitrogens with zero attached hydrogens (tertiary/aromatic N) is 2. The Morgan fingerprint density at radius 1 is 1.12 bits per heavy atom. The van der Waals surface area contributed by atoms with Crippen LogP contribution in [0.15, 0.2) is 65.8 Å². The smallest absolute Gasteiger partial charge is 0.248 e. The average Bonchev–Trinajstić information content (AvgIpc) is 3.30. The summed E-state index contributed by atoms with van der Waals surface area (Å²) >= 11 is 0. The third-order valence-electron chi connectivity index (χ3n) is 5.66. The van der Waals surface area contributed by atoms with Crippen molar-refractivity contribution in [3.8, 4) is 11.5 Å². The van der Waals surface area contributed by atoms with Crippen LogP contribution < -0.4 is 14.8 Å². The minimum absolute atomic E-state index is 0.0318. The minimum Gasteiger partial charge on any atom is -0.493 e. The van der Waals surface area contributed by atoms with E-state index < -0.39 is 0 Å². The van der Waals surface area contributed by atoms with E-state index in [2.05, 4.69) is 30.3 Å². The molecule has 1 N–H and O–H groups in total. The molecule has 6 nitrogen and oxygen atoms in total. The fraction of sp³-hybridized carbons (Fsp3) is 0.333. The van der Waals surface area contributed by atoms with Gasteiger partial charge in [0.2, 0.25) is 5.91 Å². The van der Waals surface area contributed by atoms with E-state index in [1.54, 1.807) is 13.3 Å². The summed E-state index contributed by atoms with van der Waals surface area (Å²) < 4.78 is 11.3. The average molecular weight is 446 g/mol. The summed E-state index contributed by atoms with van der Waals surface area (Å²) in [6, 6.07) is 19.5. The number of nitrogens with one attached hydrogen (secondary N) is 1. The quantitative estimate of drug-likeness (QED) is 0.477. The highest BCUT2D eigenvalue weighted by Gasteiger charge is 2.29. The van der Waals surface area contributed by atoms with Crippen molar-refractivity contribution in [1.82, 2.24) is 5.01 Å². The highest BCUT2D eigenvalue weighted by atomic mass is 16.5. The van der Waals surface area contributed by atoms with Gasteiger partial charge in [-0.2, -0.15) is 5.10 Å². The first-order valence-corrected chi connectivity index (χ1v) is 11.4. The number of methoxy groups -OCH3 is 1. The van der Waals surface area contributed by atoms with Gasteiger partial charge in [0.25, 0.3) is 0 Å². The van der Waals surface area contributed by atoms with Gasteiger partial charge in [-0.3, -0.25) is 9.80 Å². The Labute approximate surface area is 195 Å². The Bertz CT molecular complexity index is 1140. The first kappa shape index (κ1) is 22.6. The van der Waals surface area contributed by atoms with Crippen LogP contribution in [-0.4, -0.2) is 43.4 Å². The molecule has 3 aromatic carbocycles. The molecule has 1 fully saturated rings. The molecule has 0 radical (unpaired) electrons. The van der Waals surface area contributed by atoms with Crippen LogP contribution in [0.3, 0.4) is 0 Å². The highest BCUT2D eigenvalue weighted by Crippen LogP contribution is 2.28. The number of rotatable bonds is 8. The Hall–Kier alpha value is -3.54. The molecule has 0 bridgehead atoms. The maximum absolute atomic E-state index is 13.0. The Morgan fingerprint density at radius 3 is 2.73 bits per heavy atom. The van der Waals surface area contributed by atoms with Crippen LogP contribution in [0.4, 0.5) is 5.69 Å². The van der Waals surface area contributed by atoms with Crippen LogP contribution in [-0.2, 0) is 4.79 Å². The van der Waals surface area contributed by atoms with Crippen molar-refractivity contribution in [2.45, 2.75) is 32.7 Å². The van der Waals surface area contributed by atoms with Gasteiger partial charge in [-0.15, -0.1) is 0 Å². The summed E-state index contributed by atoms with van der Waals surface area (Å²) in [6.07, 6.45) is 3.49. The third kappa shape index (κ3) is 5.64. The van der Waals surface area contributed by atoms with Gasteiger partial charge in [-0.1, -0.05) is 44.2 Å². The first-order chi connectivity index (χ1) is 16.0. The summed E-state index contributed by atoms with van der Waals surface area (Å²) in [5.74, 6) is 1.78. The fourth-order valence-electron chi connectivity index (χ4n) is 3.93. The molecular weight excluding hydrogens is 414 g/mol. The number of carbonyl (C=O) groups is 1. The number of fused-ring (bicyclic) bond motifs is 1. The zero-order chi connectivity index (χ0) is 23.2. The standard InChI is InChI=1S/C27H31N3O3/c1-19(2)18-33-26-15-20(10-13-25(26)32-3)17-28-30-14-6-9-24(30)27(31)29-23-12-11-21-7-4-5-8-22(21)16-23/h4-5,7-8,10-13,15-17,19,24H,6,9,14,18H2,1-3H3,(H,29,31)/b28-17+. The first-order valence-electron chi connectivity index (χ1n) is 11.4. The lowest BCUT2D eigenvalue weighted by molar-refractivity contribution is -0.120. The Morgan fingerprint density at radius 2 is 1.94 bits per heavy atom. The van der Waals surface area contributed by atoms with Crippen molar-refractivity contribution in [3.05, 3.63) is 66.2 Å². The normalized spacial score (nSPS) is 16.0. The number of hydrazone groups is 1. The molecule has 1 heterocycles. The van der Waals surface area contributed by atoms with Gasteiger partial charge in [0.05, 0.1) is 19.9 Å². The van der Waals surface area contributed by atoms with Crippen LogP contribution >= 0.6 is 0 Å². The number of carbonyl (C=O) groups excluding carboxylic acids is 1. The number of benzene rings is 3. The van der Waals surface area contributed by atoms with E-state index in [1.165, 1.54) is 0 Å². The molecule has 172 valence electrons. The van der Waals surface area contributed by atoms with Crippen molar-refractivity contribution in [3.63, 3.8) is 0 Å². The highest BCUT2D eigenvalue weighted by molar-refractivity contribution is 5.97. The van der Waals surface area contributed by atoms with Gasteiger partial charge in [-0.05, 0) is 65.4 Å². The molecular formula is C27H31N3O3. The second-order valence-electron chi connectivity index (χ2n) is 8.73. The number of hydrogen-bond acceptors (Lipinski definition) is 5. The second-order valence-corrected chi connectivity index (χ2v) is 8.73. The van der Waals surface area contributed by atoms with E-state index in [4.69, 9.17) is 9.47 Å². The second kappa shape index (κ2) is 10.4. The van der Waals surface area contributed by atoms with Crippen molar-refractivity contribution < 1.29 is 14.3 Å². The molecule has 1 amide bonds. The van der Waals surface area contributed by atoms with Gasteiger partial charge in [0.1, 0.15) is 6.04 Å². The van der Waals surface area contributed by atoms with Crippen molar-refractivity contribution in [2.75, 3.05) is 25.6 Å². The molecule has 1 unspecified atom stereocenters. The molecule has 1 aliphatic rings.